The Morgan fingerprint density at radius 1 is 0.788 bits per heavy atom. The molecule has 190 valence electrons. The zero-order valence-electron chi connectivity index (χ0n) is 21.0. The molecular formula is C27H47NO5. The van der Waals surface area contributed by atoms with E-state index in [1.807, 2.05) is 0 Å². The second kappa shape index (κ2) is 17.1. The lowest BCUT2D eigenvalue weighted by molar-refractivity contribution is -0.197. The van der Waals surface area contributed by atoms with Gasteiger partial charge in [0.25, 0.3) is 11.8 Å². The maximum Gasteiger partial charge on any atom is 0.333 e. The zero-order valence-corrected chi connectivity index (χ0v) is 21.0. The number of rotatable bonds is 18. The monoisotopic (exact) mass is 465 g/mol. The Morgan fingerprint density at radius 3 is 1.85 bits per heavy atom. The highest BCUT2D eigenvalue weighted by Gasteiger charge is 2.32. The minimum Gasteiger partial charge on any atom is -0.378 e. The number of nitrogens with zero attached hydrogens (tertiary/aromatic N) is 1. The fourth-order valence-corrected chi connectivity index (χ4v) is 4.90. The Bertz CT molecular complexity index is 563. The van der Waals surface area contributed by atoms with E-state index in [1.54, 1.807) is 0 Å². The first-order chi connectivity index (χ1) is 16.1. The molecule has 1 aliphatic heterocycles. The normalized spacial score (nSPS) is 21.1. The van der Waals surface area contributed by atoms with E-state index in [9.17, 15) is 14.4 Å². The third kappa shape index (κ3) is 12.6. The van der Waals surface area contributed by atoms with Gasteiger partial charge in [-0.1, -0.05) is 90.4 Å². The van der Waals surface area contributed by atoms with Crippen LogP contribution < -0.4 is 0 Å². The molecule has 2 aliphatic rings. The van der Waals surface area contributed by atoms with Gasteiger partial charge < -0.3 is 9.57 Å². The molecular weight excluding hydrogens is 418 g/mol. The Morgan fingerprint density at radius 2 is 1.30 bits per heavy atom. The first kappa shape index (κ1) is 27.8. The summed E-state index contributed by atoms with van der Waals surface area (Å²) >= 11 is 0. The molecule has 0 spiro atoms. The smallest absolute Gasteiger partial charge is 0.333 e. The van der Waals surface area contributed by atoms with E-state index >= 15 is 0 Å². The molecule has 1 aliphatic carbocycles. The summed E-state index contributed by atoms with van der Waals surface area (Å²) in [4.78, 5) is 39.4. The van der Waals surface area contributed by atoms with Crippen molar-refractivity contribution in [1.82, 2.24) is 5.06 Å². The second-order valence-corrected chi connectivity index (χ2v) is 10.2. The molecule has 1 saturated heterocycles. The van der Waals surface area contributed by atoms with Crippen LogP contribution in [0, 0.1) is 5.92 Å². The van der Waals surface area contributed by atoms with Crippen molar-refractivity contribution in [3.05, 3.63) is 0 Å². The van der Waals surface area contributed by atoms with Gasteiger partial charge in [0, 0.05) is 25.9 Å². The third-order valence-electron chi connectivity index (χ3n) is 6.97. The maximum absolute atomic E-state index is 11.7. The van der Waals surface area contributed by atoms with Gasteiger partial charge in [0.1, 0.15) is 0 Å². The quantitative estimate of drug-likeness (QED) is 0.167. The highest BCUT2D eigenvalue weighted by atomic mass is 16.7. The number of hydrogen-bond donors (Lipinski definition) is 0. The van der Waals surface area contributed by atoms with Gasteiger partial charge in [0.05, 0.1) is 6.10 Å². The molecule has 1 heterocycles. The van der Waals surface area contributed by atoms with Gasteiger partial charge in [0.15, 0.2) is 0 Å². The van der Waals surface area contributed by atoms with E-state index in [4.69, 9.17) is 9.57 Å². The number of amides is 2. The largest absolute Gasteiger partial charge is 0.378 e. The van der Waals surface area contributed by atoms with Gasteiger partial charge in [-0.05, 0) is 31.6 Å². The number of hydrogen-bond acceptors (Lipinski definition) is 5. The fraction of sp³-hybridized carbons (Fsp3) is 0.889. The summed E-state index contributed by atoms with van der Waals surface area (Å²) in [6.07, 6.45) is 22.2. The maximum atomic E-state index is 11.7. The number of ether oxygens (including phenoxy) is 1. The van der Waals surface area contributed by atoms with Crippen molar-refractivity contribution in [2.45, 2.75) is 141 Å². The summed E-state index contributed by atoms with van der Waals surface area (Å²) in [5.41, 5.74) is 0. The van der Waals surface area contributed by atoms with Gasteiger partial charge >= 0.3 is 5.97 Å². The fourth-order valence-electron chi connectivity index (χ4n) is 4.90. The van der Waals surface area contributed by atoms with Crippen LogP contribution in [0.5, 0.6) is 0 Å². The van der Waals surface area contributed by atoms with E-state index < -0.39 is 17.8 Å². The van der Waals surface area contributed by atoms with Gasteiger partial charge in [0.2, 0.25) is 0 Å². The summed E-state index contributed by atoms with van der Waals surface area (Å²) in [6, 6.07) is 0. The van der Waals surface area contributed by atoms with Crippen molar-refractivity contribution in [2.75, 3.05) is 6.61 Å². The van der Waals surface area contributed by atoms with Gasteiger partial charge in [-0.25, -0.2) is 4.79 Å². The number of hydroxylamine groups is 2. The summed E-state index contributed by atoms with van der Waals surface area (Å²) in [6.45, 7) is 3.31. The molecule has 2 amide bonds. The molecule has 2 fully saturated rings. The number of imide groups is 1. The molecule has 0 radical (unpaired) electrons. The molecule has 1 saturated carbocycles. The molecule has 0 N–H and O–H groups in total. The van der Waals surface area contributed by atoms with Gasteiger partial charge in [-0.2, -0.15) is 0 Å². The van der Waals surface area contributed by atoms with Crippen LogP contribution in [0.15, 0.2) is 0 Å². The first-order valence-corrected chi connectivity index (χ1v) is 13.7. The standard InChI is InChI=1S/C27H47NO5/c1-23-16-15-17-24(22-23)32-21-14-12-10-8-6-4-2-3-5-7-9-11-13-18-27(31)33-28-25(29)19-20-26(28)30/h23-24H,2-22H2,1H3. The SMILES string of the molecule is CC1CCCC(OCCCCCCCCCCCCCCCC(=O)ON2C(=O)CCC2=O)C1. The average Bonchev–Trinajstić information content (AvgIpc) is 3.11. The van der Waals surface area contributed by atoms with Gasteiger partial charge in [-0.3, -0.25) is 9.59 Å². The Kier molecular flexibility index (Phi) is 14.4. The van der Waals surface area contributed by atoms with Crippen molar-refractivity contribution in [1.29, 1.82) is 0 Å². The Hall–Kier alpha value is -1.43. The number of carbonyl (C=O) groups is 3. The van der Waals surface area contributed by atoms with Crippen LogP contribution in [0.25, 0.3) is 0 Å². The molecule has 6 heteroatoms. The highest BCUT2D eigenvalue weighted by Crippen LogP contribution is 2.26. The Labute approximate surface area is 201 Å². The molecule has 6 nitrogen and oxygen atoms in total. The average molecular weight is 466 g/mol. The summed E-state index contributed by atoms with van der Waals surface area (Å²) in [5.74, 6) is -0.461. The predicted molar refractivity (Wildman–Crippen MR) is 129 cm³/mol. The number of carbonyl (C=O) groups excluding carboxylic acids is 3. The molecule has 0 aromatic carbocycles. The predicted octanol–water partition coefficient (Wildman–Crippen LogP) is 6.65. The van der Waals surface area contributed by atoms with Crippen LogP contribution in [0.1, 0.15) is 135 Å². The van der Waals surface area contributed by atoms with Crippen molar-refractivity contribution in [2.24, 2.45) is 5.92 Å². The molecule has 0 aromatic heterocycles. The lowest BCUT2D eigenvalue weighted by atomic mass is 9.89. The topological polar surface area (TPSA) is 72.9 Å². The van der Waals surface area contributed by atoms with E-state index in [2.05, 4.69) is 6.92 Å². The van der Waals surface area contributed by atoms with Crippen molar-refractivity contribution in [3.63, 3.8) is 0 Å². The van der Waals surface area contributed by atoms with Crippen molar-refractivity contribution < 1.29 is 24.0 Å². The summed E-state index contributed by atoms with van der Waals surface area (Å²) < 4.78 is 6.06. The first-order valence-electron chi connectivity index (χ1n) is 13.7. The van der Waals surface area contributed by atoms with Gasteiger partial charge in [-0.15, -0.1) is 5.06 Å². The minimum atomic E-state index is -0.481. The van der Waals surface area contributed by atoms with E-state index in [1.165, 1.54) is 89.9 Å². The summed E-state index contributed by atoms with van der Waals surface area (Å²) in [7, 11) is 0. The van der Waals surface area contributed by atoms with Crippen molar-refractivity contribution in [3.8, 4) is 0 Å². The van der Waals surface area contributed by atoms with Crippen LogP contribution in [0.3, 0.4) is 0 Å². The second-order valence-electron chi connectivity index (χ2n) is 10.2. The van der Waals surface area contributed by atoms with E-state index in [0.717, 1.165) is 31.8 Å². The highest BCUT2D eigenvalue weighted by molar-refractivity contribution is 6.01. The van der Waals surface area contributed by atoms with Crippen molar-refractivity contribution >= 4 is 17.8 Å². The van der Waals surface area contributed by atoms with Crippen LogP contribution in [-0.4, -0.2) is 35.6 Å². The lowest BCUT2D eigenvalue weighted by Crippen LogP contribution is -2.31. The Balaban J connectivity index is 1.26. The van der Waals surface area contributed by atoms with Crippen LogP contribution in [-0.2, 0) is 24.0 Å². The van der Waals surface area contributed by atoms with E-state index in [-0.39, 0.29) is 19.3 Å². The molecule has 2 atom stereocenters. The molecule has 33 heavy (non-hydrogen) atoms. The molecule has 0 bridgehead atoms. The number of unbranched alkanes of at least 4 members (excludes halogenated alkanes) is 12. The lowest BCUT2D eigenvalue weighted by Gasteiger charge is -2.26. The summed E-state index contributed by atoms with van der Waals surface area (Å²) in [5, 5.41) is 0.634. The van der Waals surface area contributed by atoms with E-state index in [0.29, 0.717) is 11.2 Å². The minimum absolute atomic E-state index is 0.140. The van der Waals surface area contributed by atoms with Crippen LogP contribution in [0.4, 0.5) is 0 Å². The third-order valence-corrected chi connectivity index (χ3v) is 6.97. The van der Waals surface area contributed by atoms with Crippen LogP contribution >= 0.6 is 0 Å². The van der Waals surface area contributed by atoms with Crippen LogP contribution in [0.2, 0.25) is 0 Å². The molecule has 2 rings (SSSR count). The molecule has 2 unspecified atom stereocenters. The zero-order chi connectivity index (χ0) is 23.7. The molecule has 0 aromatic rings.